The molecule has 4 nitrogen and oxygen atoms in total. The number of aliphatic hydroxyl groups is 1. The molecule has 1 aromatic rings. The van der Waals surface area contributed by atoms with E-state index in [4.69, 9.17) is 22.4 Å². The minimum atomic E-state index is -0.225. The number of carbonyl (C=O) groups is 1. The van der Waals surface area contributed by atoms with E-state index in [9.17, 15) is 4.79 Å². The summed E-state index contributed by atoms with van der Waals surface area (Å²) in [6.45, 7) is 1.87. The normalized spacial score (nSPS) is 14.0. The number of thioether (sulfide) groups is 1. The van der Waals surface area contributed by atoms with Crippen molar-refractivity contribution < 1.29 is 9.90 Å². The zero-order valence-corrected chi connectivity index (χ0v) is 11.9. The highest BCUT2D eigenvalue weighted by Crippen LogP contribution is 2.20. The Bertz CT molecular complexity index is 425. The van der Waals surface area contributed by atoms with Gasteiger partial charge in [0, 0.05) is 16.9 Å². The van der Waals surface area contributed by atoms with E-state index in [0.717, 1.165) is 0 Å². The van der Waals surface area contributed by atoms with Gasteiger partial charge in [-0.1, -0.05) is 11.6 Å². The number of rotatable bonds is 5. The van der Waals surface area contributed by atoms with Crippen molar-refractivity contribution in [1.82, 2.24) is 5.32 Å². The Labute approximate surface area is 116 Å². The van der Waals surface area contributed by atoms with Gasteiger partial charge in [-0.05, 0) is 31.4 Å². The Morgan fingerprint density at radius 3 is 2.78 bits per heavy atom. The monoisotopic (exact) mass is 288 g/mol. The van der Waals surface area contributed by atoms with Gasteiger partial charge in [-0.15, -0.1) is 0 Å². The number of amides is 1. The van der Waals surface area contributed by atoms with Crippen LogP contribution in [-0.4, -0.2) is 35.2 Å². The maximum atomic E-state index is 12.0. The first-order valence-corrected chi connectivity index (χ1v) is 7.15. The summed E-state index contributed by atoms with van der Waals surface area (Å²) in [6, 6.07) is 4.62. The minimum absolute atomic E-state index is 0.0190. The summed E-state index contributed by atoms with van der Waals surface area (Å²) >= 11 is 7.37. The van der Waals surface area contributed by atoms with E-state index in [-0.39, 0.29) is 23.8 Å². The maximum Gasteiger partial charge on any atom is 0.251 e. The summed E-state index contributed by atoms with van der Waals surface area (Å²) in [7, 11) is 0. The molecule has 0 radical (unpaired) electrons. The van der Waals surface area contributed by atoms with Crippen molar-refractivity contribution in [2.45, 2.75) is 18.2 Å². The van der Waals surface area contributed by atoms with Gasteiger partial charge in [-0.25, -0.2) is 0 Å². The lowest BCUT2D eigenvalue weighted by Crippen LogP contribution is -2.41. The number of hydrogen-bond acceptors (Lipinski definition) is 4. The van der Waals surface area contributed by atoms with Crippen molar-refractivity contribution >= 4 is 35.0 Å². The second kappa shape index (κ2) is 6.87. The summed E-state index contributed by atoms with van der Waals surface area (Å²) in [6.07, 6.45) is 1.89. The van der Waals surface area contributed by atoms with Crippen molar-refractivity contribution in [2.24, 2.45) is 0 Å². The highest BCUT2D eigenvalue weighted by molar-refractivity contribution is 7.99. The minimum Gasteiger partial charge on any atom is -0.398 e. The van der Waals surface area contributed by atoms with Crippen LogP contribution in [-0.2, 0) is 0 Å². The molecular formula is C12H17ClN2O2S. The zero-order valence-electron chi connectivity index (χ0n) is 10.3. The van der Waals surface area contributed by atoms with Crippen LogP contribution in [0.5, 0.6) is 0 Å². The Hall–Kier alpha value is -0.910. The molecule has 0 bridgehead atoms. The fourth-order valence-corrected chi connectivity index (χ4v) is 2.29. The molecule has 2 atom stereocenters. The Morgan fingerprint density at radius 1 is 1.61 bits per heavy atom. The van der Waals surface area contributed by atoms with Crippen LogP contribution in [0.25, 0.3) is 0 Å². The second-order valence-corrected chi connectivity index (χ2v) is 5.44. The number of carbonyl (C=O) groups excluding carboxylic acids is 1. The number of benzene rings is 1. The Morgan fingerprint density at radius 2 is 2.28 bits per heavy atom. The molecule has 0 aliphatic carbocycles. The Kier molecular flexibility index (Phi) is 5.78. The van der Waals surface area contributed by atoms with Crippen LogP contribution >= 0.6 is 23.4 Å². The van der Waals surface area contributed by atoms with E-state index in [1.807, 2.05) is 13.2 Å². The molecule has 0 spiro atoms. The van der Waals surface area contributed by atoms with Crippen LogP contribution in [0.15, 0.2) is 18.2 Å². The zero-order chi connectivity index (χ0) is 13.7. The number of halogens is 1. The first-order chi connectivity index (χ1) is 8.49. The quantitative estimate of drug-likeness (QED) is 0.722. The molecule has 4 N–H and O–H groups in total. The van der Waals surface area contributed by atoms with Gasteiger partial charge in [-0.2, -0.15) is 11.8 Å². The van der Waals surface area contributed by atoms with Gasteiger partial charge < -0.3 is 16.2 Å². The van der Waals surface area contributed by atoms with Crippen LogP contribution in [0.1, 0.15) is 17.3 Å². The smallest absolute Gasteiger partial charge is 0.251 e. The molecule has 0 saturated heterocycles. The predicted molar refractivity (Wildman–Crippen MR) is 77.2 cm³/mol. The second-order valence-electron chi connectivity index (χ2n) is 3.96. The molecule has 0 aliphatic rings. The highest BCUT2D eigenvalue weighted by Gasteiger charge is 2.18. The summed E-state index contributed by atoms with van der Waals surface area (Å²) in [5.41, 5.74) is 6.48. The van der Waals surface area contributed by atoms with Gasteiger partial charge in [0.05, 0.1) is 17.3 Å². The average Bonchev–Trinajstić information content (AvgIpc) is 2.34. The lowest BCUT2D eigenvalue weighted by Gasteiger charge is -2.21. The molecule has 2 unspecified atom stereocenters. The van der Waals surface area contributed by atoms with Gasteiger partial charge in [-0.3, -0.25) is 4.79 Å². The van der Waals surface area contributed by atoms with Gasteiger partial charge in [0.25, 0.3) is 5.91 Å². The van der Waals surface area contributed by atoms with Crippen molar-refractivity contribution in [3.05, 3.63) is 28.8 Å². The number of hydrogen-bond donors (Lipinski definition) is 3. The summed E-state index contributed by atoms with van der Waals surface area (Å²) in [5, 5.41) is 12.3. The molecule has 1 amide bonds. The number of nitrogens with two attached hydrogens (primary N) is 1. The van der Waals surface area contributed by atoms with Crippen LogP contribution < -0.4 is 11.1 Å². The fourth-order valence-electron chi connectivity index (χ4n) is 1.49. The number of nitrogens with one attached hydrogen (secondary N) is 1. The largest absolute Gasteiger partial charge is 0.398 e. The standard InChI is InChI=1S/C12H17ClN2O2S/c1-7(11(6-16)18-2)15-12(17)8-3-4-10(14)9(13)5-8/h3-5,7,11,16H,6,14H2,1-2H3,(H,15,17). The average molecular weight is 289 g/mol. The van der Waals surface area contributed by atoms with Crippen LogP contribution in [0.3, 0.4) is 0 Å². The van der Waals surface area contributed by atoms with Gasteiger partial charge in [0.1, 0.15) is 0 Å². The van der Waals surface area contributed by atoms with Crippen LogP contribution in [0.4, 0.5) is 5.69 Å². The molecule has 0 aromatic heterocycles. The molecular weight excluding hydrogens is 272 g/mol. The van der Waals surface area contributed by atoms with Crippen molar-refractivity contribution in [1.29, 1.82) is 0 Å². The third kappa shape index (κ3) is 3.80. The molecule has 18 heavy (non-hydrogen) atoms. The number of nitrogen functional groups attached to an aromatic ring is 1. The highest BCUT2D eigenvalue weighted by atomic mass is 35.5. The van der Waals surface area contributed by atoms with E-state index in [0.29, 0.717) is 16.3 Å². The third-order valence-corrected chi connectivity index (χ3v) is 4.15. The topological polar surface area (TPSA) is 75.3 Å². The van der Waals surface area contributed by atoms with E-state index >= 15 is 0 Å². The van der Waals surface area contributed by atoms with E-state index in [2.05, 4.69) is 5.32 Å². The maximum absolute atomic E-state index is 12.0. The van der Waals surface area contributed by atoms with Crippen LogP contribution in [0.2, 0.25) is 5.02 Å². The van der Waals surface area contributed by atoms with Crippen molar-refractivity contribution in [3.63, 3.8) is 0 Å². The van der Waals surface area contributed by atoms with Crippen molar-refractivity contribution in [3.8, 4) is 0 Å². The van der Waals surface area contributed by atoms with Crippen LogP contribution in [0, 0.1) is 0 Å². The van der Waals surface area contributed by atoms with Gasteiger partial charge in [0.2, 0.25) is 0 Å². The molecule has 0 saturated carbocycles. The van der Waals surface area contributed by atoms with E-state index in [1.165, 1.54) is 17.8 Å². The number of aliphatic hydroxyl groups excluding tert-OH is 1. The lowest BCUT2D eigenvalue weighted by molar-refractivity contribution is 0.0936. The van der Waals surface area contributed by atoms with E-state index in [1.54, 1.807) is 12.1 Å². The molecule has 1 aromatic carbocycles. The van der Waals surface area contributed by atoms with Gasteiger partial charge in [0.15, 0.2) is 0 Å². The lowest BCUT2D eigenvalue weighted by atomic mass is 10.1. The molecule has 0 fully saturated rings. The molecule has 100 valence electrons. The van der Waals surface area contributed by atoms with Gasteiger partial charge >= 0.3 is 0 Å². The fraction of sp³-hybridized carbons (Fsp3) is 0.417. The molecule has 1 rings (SSSR count). The first kappa shape index (κ1) is 15.1. The van der Waals surface area contributed by atoms with E-state index < -0.39 is 0 Å². The predicted octanol–water partition coefficient (Wildman–Crippen LogP) is 1.76. The summed E-state index contributed by atoms with van der Waals surface area (Å²) in [5.74, 6) is -0.225. The molecule has 0 aliphatic heterocycles. The third-order valence-electron chi connectivity index (χ3n) is 2.66. The number of anilines is 1. The SMILES string of the molecule is CSC(CO)C(C)NC(=O)c1ccc(N)c(Cl)c1. The summed E-state index contributed by atoms with van der Waals surface area (Å²) in [4.78, 5) is 12.0. The van der Waals surface area contributed by atoms with Crippen molar-refractivity contribution in [2.75, 3.05) is 18.6 Å². The molecule has 6 heteroatoms. The first-order valence-electron chi connectivity index (χ1n) is 5.49. The Balaban J connectivity index is 2.73. The molecule has 0 heterocycles. The summed E-state index contributed by atoms with van der Waals surface area (Å²) < 4.78 is 0.